The Labute approximate surface area is 195 Å². The van der Waals surface area contributed by atoms with Gasteiger partial charge in [-0.05, 0) is 35.9 Å². The Morgan fingerprint density at radius 3 is 2.84 bits per heavy atom. The van der Waals surface area contributed by atoms with E-state index in [4.69, 9.17) is 16.6 Å². The lowest BCUT2D eigenvalue weighted by Crippen LogP contribution is -2.46. The average molecular weight is 472 g/mol. The third-order valence-electron chi connectivity index (χ3n) is 5.77. The number of rotatable bonds is 7. The average Bonchev–Trinajstić information content (AvgIpc) is 3.34. The van der Waals surface area contributed by atoms with Gasteiger partial charge in [0.25, 0.3) is 0 Å². The number of imidazole rings is 1. The number of anilines is 2. The molecule has 1 aliphatic heterocycles. The molecule has 3 heterocycles. The van der Waals surface area contributed by atoms with Crippen LogP contribution in [0, 0.1) is 0 Å². The van der Waals surface area contributed by atoms with E-state index in [1.54, 1.807) is 0 Å². The fourth-order valence-electron chi connectivity index (χ4n) is 3.96. The van der Waals surface area contributed by atoms with E-state index in [9.17, 15) is 5.11 Å². The van der Waals surface area contributed by atoms with Crippen LogP contribution in [0.5, 0.6) is 0 Å². The van der Waals surface area contributed by atoms with Crippen LogP contribution in [-0.4, -0.2) is 63.8 Å². The monoisotopic (exact) mass is 471 g/mol. The number of benzene rings is 2. The zero-order chi connectivity index (χ0) is 22.1. The third kappa shape index (κ3) is 4.59. The van der Waals surface area contributed by atoms with Gasteiger partial charge in [0, 0.05) is 51.3 Å². The van der Waals surface area contributed by atoms with Gasteiger partial charge in [-0.15, -0.1) is 0 Å². The number of fused-ring (bicyclic) bond motifs is 2. The lowest BCUT2D eigenvalue weighted by Gasteiger charge is -2.27. The molecule has 5 rings (SSSR count). The first-order chi connectivity index (χ1) is 15.6. The maximum atomic E-state index is 10.6. The molecule has 2 aromatic carbocycles. The predicted octanol–water partition coefficient (Wildman–Crippen LogP) is 3.07. The summed E-state index contributed by atoms with van der Waals surface area (Å²) in [7, 11) is 1.96. The lowest BCUT2D eigenvalue weighted by molar-refractivity contribution is 0.131. The maximum Gasteiger partial charge on any atom is 0.209 e. The molecule has 0 aliphatic carbocycles. The largest absolute Gasteiger partial charge is 0.374 e. The molecule has 2 aromatic heterocycles. The van der Waals surface area contributed by atoms with Crippen LogP contribution >= 0.6 is 22.9 Å². The standard InChI is InChI=1S/C22H26ClN7OS/c1-29-18-5-2-14(20(31)25-8-11-30-9-6-24-7-10-30)12-17(18)26-21(29)28-22-27-16-4-3-15(23)13-19(16)32-22/h2-5,12-13,20,24-25,31H,6-11H2,1H3,(H,26,27,28). The number of aryl methyl sites for hydroxylation is 1. The van der Waals surface area contributed by atoms with E-state index in [0.717, 1.165) is 71.2 Å². The lowest BCUT2D eigenvalue weighted by atomic mass is 10.1. The van der Waals surface area contributed by atoms with Crippen LogP contribution in [0.4, 0.5) is 11.1 Å². The zero-order valence-corrected chi connectivity index (χ0v) is 19.4. The van der Waals surface area contributed by atoms with Gasteiger partial charge >= 0.3 is 0 Å². The van der Waals surface area contributed by atoms with Crippen LogP contribution in [-0.2, 0) is 7.05 Å². The Morgan fingerprint density at radius 2 is 2.00 bits per heavy atom. The zero-order valence-electron chi connectivity index (χ0n) is 17.8. The van der Waals surface area contributed by atoms with Crippen LogP contribution < -0.4 is 16.0 Å². The molecule has 0 saturated carbocycles. The van der Waals surface area contributed by atoms with E-state index < -0.39 is 6.23 Å². The number of nitrogens with one attached hydrogen (secondary N) is 3. The summed E-state index contributed by atoms with van der Waals surface area (Å²) < 4.78 is 3.01. The predicted molar refractivity (Wildman–Crippen MR) is 131 cm³/mol. The summed E-state index contributed by atoms with van der Waals surface area (Å²) in [4.78, 5) is 11.7. The number of halogens is 1. The molecule has 1 saturated heterocycles. The van der Waals surface area contributed by atoms with Gasteiger partial charge in [-0.3, -0.25) is 10.2 Å². The molecule has 1 aliphatic rings. The van der Waals surface area contributed by atoms with Crippen molar-refractivity contribution in [3.8, 4) is 0 Å². The molecule has 0 amide bonds. The molecule has 0 bridgehead atoms. The highest BCUT2D eigenvalue weighted by Gasteiger charge is 2.15. The van der Waals surface area contributed by atoms with Crippen molar-refractivity contribution < 1.29 is 5.11 Å². The number of aliphatic hydroxyl groups is 1. The minimum absolute atomic E-state index is 0.697. The van der Waals surface area contributed by atoms with E-state index >= 15 is 0 Å². The van der Waals surface area contributed by atoms with E-state index in [0.29, 0.717) is 11.0 Å². The number of aromatic nitrogens is 3. The van der Waals surface area contributed by atoms with Gasteiger partial charge in [-0.1, -0.05) is 29.0 Å². The Hall–Kier alpha value is -2.27. The first-order valence-electron chi connectivity index (χ1n) is 10.7. The molecule has 1 fully saturated rings. The highest BCUT2D eigenvalue weighted by Crippen LogP contribution is 2.31. The minimum Gasteiger partial charge on any atom is -0.374 e. The van der Waals surface area contributed by atoms with Gasteiger partial charge in [-0.25, -0.2) is 9.97 Å². The highest BCUT2D eigenvalue weighted by molar-refractivity contribution is 7.22. The van der Waals surface area contributed by atoms with Gasteiger partial charge in [-0.2, -0.15) is 0 Å². The van der Waals surface area contributed by atoms with Crippen LogP contribution in [0.2, 0.25) is 5.02 Å². The number of nitrogens with zero attached hydrogens (tertiary/aromatic N) is 4. The Kier molecular flexibility index (Phi) is 6.27. The van der Waals surface area contributed by atoms with Gasteiger partial charge in [0.2, 0.25) is 5.95 Å². The fraction of sp³-hybridized carbons (Fsp3) is 0.364. The van der Waals surface area contributed by atoms with Crippen molar-refractivity contribution in [2.45, 2.75) is 6.23 Å². The van der Waals surface area contributed by atoms with Gasteiger partial charge < -0.3 is 20.3 Å². The first-order valence-corrected chi connectivity index (χ1v) is 11.9. The van der Waals surface area contributed by atoms with Crippen LogP contribution in [0.3, 0.4) is 0 Å². The van der Waals surface area contributed by atoms with Crippen LogP contribution in [0.1, 0.15) is 11.8 Å². The van der Waals surface area contributed by atoms with E-state index in [1.807, 2.05) is 48.0 Å². The van der Waals surface area contributed by atoms with Crippen molar-refractivity contribution in [1.82, 2.24) is 30.1 Å². The normalized spacial score (nSPS) is 16.1. The van der Waals surface area contributed by atoms with Gasteiger partial charge in [0.15, 0.2) is 5.13 Å². The summed E-state index contributed by atoms with van der Waals surface area (Å²) in [6, 6.07) is 11.5. The van der Waals surface area contributed by atoms with Crippen molar-refractivity contribution in [1.29, 1.82) is 0 Å². The maximum absolute atomic E-state index is 10.6. The second kappa shape index (κ2) is 9.30. The highest BCUT2D eigenvalue weighted by atomic mass is 35.5. The number of piperazine rings is 1. The number of hydrogen-bond acceptors (Lipinski definition) is 8. The quantitative estimate of drug-likeness (QED) is 0.308. The molecule has 168 valence electrons. The Bertz CT molecular complexity index is 1230. The van der Waals surface area contributed by atoms with Gasteiger partial charge in [0.1, 0.15) is 6.23 Å². The molecular weight excluding hydrogens is 446 g/mol. The number of aliphatic hydroxyl groups excluding tert-OH is 1. The second-order valence-corrected chi connectivity index (χ2v) is 9.41. The molecule has 4 aromatic rings. The number of thiazole rings is 1. The molecule has 1 atom stereocenters. The second-order valence-electron chi connectivity index (χ2n) is 7.95. The topological polar surface area (TPSA) is 90.3 Å². The van der Waals surface area contributed by atoms with E-state index in [1.165, 1.54) is 11.3 Å². The first kappa shape index (κ1) is 21.6. The summed E-state index contributed by atoms with van der Waals surface area (Å²) in [6.07, 6.45) is -0.727. The molecule has 10 heteroatoms. The van der Waals surface area contributed by atoms with Crippen molar-refractivity contribution in [3.63, 3.8) is 0 Å². The molecule has 4 N–H and O–H groups in total. The summed E-state index contributed by atoms with van der Waals surface area (Å²) in [5.41, 5.74) is 3.50. The van der Waals surface area contributed by atoms with E-state index in [2.05, 4.69) is 25.8 Å². The summed E-state index contributed by atoms with van der Waals surface area (Å²) >= 11 is 7.63. The SMILES string of the molecule is Cn1c(Nc2nc3ccc(Cl)cc3s2)nc2cc(C(O)NCCN3CCNCC3)ccc21. The van der Waals surface area contributed by atoms with Gasteiger partial charge in [0.05, 0.1) is 21.3 Å². The Balaban J connectivity index is 1.28. The molecule has 8 nitrogen and oxygen atoms in total. The van der Waals surface area contributed by atoms with Crippen molar-refractivity contribution >= 4 is 55.3 Å². The summed E-state index contributed by atoms with van der Waals surface area (Å²) in [5.74, 6) is 0.698. The molecule has 32 heavy (non-hydrogen) atoms. The smallest absolute Gasteiger partial charge is 0.209 e. The van der Waals surface area contributed by atoms with Crippen molar-refractivity contribution in [2.24, 2.45) is 7.05 Å². The molecule has 0 radical (unpaired) electrons. The van der Waals surface area contributed by atoms with Crippen molar-refractivity contribution in [2.75, 3.05) is 44.6 Å². The Morgan fingerprint density at radius 1 is 1.16 bits per heavy atom. The minimum atomic E-state index is -0.727. The molecule has 1 unspecified atom stereocenters. The third-order valence-corrected chi connectivity index (χ3v) is 6.93. The van der Waals surface area contributed by atoms with Crippen molar-refractivity contribution in [3.05, 3.63) is 47.0 Å². The molecular formula is C22H26ClN7OS. The van der Waals surface area contributed by atoms with E-state index in [-0.39, 0.29) is 0 Å². The van der Waals surface area contributed by atoms with Crippen LogP contribution in [0.25, 0.3) is 21.3 Å². The summed E-state index contributed by atoms with van der Waals surface area (Å²) in [5, 5.41) is 22.0. The fourth-order valence-corrected chi connectivity index (χ4v) is 5.09. The summed E-state index contributed by atoms with van der Waals surface area (Å²) in [6.45, 7) is 5.81. The number of hydrogen-bond donors (Lipinski definition) is 4. The molecule has 0 spiro atoms. The van der Waals surface area contributed by atoms with Crippen LogP contribution in [0.15, 0.2) is 36.4 Å².